The predicted molar refractivity (Wildman–Crippen MR) is 157 cm³/mol. The van der Waals surface area contributed by atoms with E-state index in [1.807, 2.05) is 47.0 Å². The Morgan fingerprint density at radius 1 is 1.05 bits per heavy atom. The SMILES string of the molecule is O=C(NCc1ccc(Cl)cc1)c1cn2c3c(cc(CN4CCOCC4)cc3c1=O)OC(CNCc1ccccn1)C2. The molecule has 41 heavy (non-hydrogen) atoms. The van der Waals surface area contributed by atoms with Crippen molar-refractivity contribution in [3.05, 3.63) is 105 Å². The Morgan fingerprint density at radius 3 is 2.66 bits per heavy atom. The van der Waals surface area contributed by atoms with Crippen molar-refractivity contribution >= 4 is 28.4 Å². The van der Waals surface area contributed by atoms with Crippen LogP contribution in [0.25, 0.3) is 10.9 Å². The smallest absolute Gasteiger partial charge is 0.257 e. The molecule has 2 aromatic carbocycles. The van der Waals surface area contributed by atoms with Crippen LogP contribution < -0.4 is 20.8 Å². The molecule has 1 amide bonds. The number of nitrogens with zero attached hydrogens (tertiary/aromatic N) is 3. The Balaban J connectivity index is 1.28. The zero-order valence-electron chi connectivity index (χ0n) is 22.6. The van der Waals surface area contributed by atoms with Gasteiger partial charge in [-0.1, -0.05) is 29.8 Å². The van der Waals surface area contributed by atoms with Gasteiger partial charge in [-0.25, -0.2) is 0 Å². The van der Waals surface area contributed by atoms with Crippen molar-refractivity contribution in [3.63, 3.8) is 0 Å². The van der Waals surface area contributed by atoms with Crippen LogP contribution in [0.15, 0.2) is 71.8 Å². The van der Waals surface area contributed by atoms with Crippen LogP contribution >= 0.6 is 11.6 Å². The first kappa shape index (κ1) is 27.4. The van der Waals surface area contributed by atoms with E-state index in [0.717, 1.165) is 35.4 Å². The third-order valence-corrected chi connectivity index (χ3v) is 7.67. The molecule has 1 saturated heterocycles. The number of nitrogens with one attached hydrogen (secondary N) is 2. The Hall–Kier alpha value is -3.76. The predicted octanol–water partition coefficient (Wildman–Crippen LogP) is 3.36. The van der Waals surface area contributed by atoms with Gasteiger partial charge in [-0.2, -0.15) is 0 Å². The van der Waals surface area contributed by atoms with Gasteiger partial charge in [0, 0.05) is 56.7 Å². The number of amides is 1. The van der Waals surface area contributed by atoms with Gasteiger partial charge in [0.25, 0.3) is 5.91 Å². The van der Waals surface area contributed by atoms with Gasteiger partial charge in [0.05, 0.1) is 36.4 Å². The monoisotopic (exact) mass is 573 g/mol. The summed E-state index contributed by atoms with van der Waals surface area (Å²) in [6.07, 6.45) is 3.25. The second-order valence-corrected chi connectivity index (χ2v) is 10.8. The highest BCUT2D eigenvalue weighted by atomic mass is 35.5. The maximum Gasteiger partial charge on any atom is 0.257 e. The fraction of sp³-hybridized carbons (Fsp3) is 0.323. The van der Waals surface area contributed by atoms with Gasteiger partial charge in [-0.05, 0) is 47.5 Å². The topological polar surface area (TPSA) is 97.7 Å². The van der Waals surface area contributed by atoms with Gasteiger partial charge < -0.3 is 24.7 Å². The van der Waals surface area contributed by atoms with Crippen LogP contribution in [0.1, 0.15) is 27.2 Å². The molecular formula is C31H32ClN5O4. The molecule has 2 aliphatic rings. The van der Waals surface area contributed by atoms with E-state index in [9.17, 15) is 9.59 Å². The van der Waals surface area contributed by atoms with Gasteiger partial charge in [-0.15, -0.1) is 0 Å². The van der Waals surface area contributed by atoms with E-state index in [4.69, 9.17) is 21.1 Å². The number of hydrogen-bond donors (Lipinski definition) is 2. The minimum Gasteiger partial charge on any atom is -0.485 e. The number of halogens is 1. The second-order valence-electron chi connectivity index (χ2n) is 10.4. The highest BCUT2D eigenvalue weighted by molar-refractivity contribution is 6.30. The van der Waals surface area contributed by atoms with Crippen molar-refractivity contribution in [2.45, 2.75) is 32.3 Å². The summed E-state index contributed by atoms with van der Waals surface area (Å²) >= 11 is 5.99. The minimum atomic E-state index is -0.410. The minimum absolute atomic E-state index is 0.114. The number of ether oxygens (including phenoxy) is 2. The fourth-order valence-corrected chi connectivity index (χ4v) is 5.47. The maximum atomic E-state index is 13.7. The van der Waals surface area contributed by atoms with Crippen molar-refractivity contribution < 1.29 is 14.3 Å². The van der Waals surface area contributed by atoms with Crippen LogP contribution in [-0.2, 0) is 30.9 Å². The molecule has 10 heteroatoms. The average molecular weight is 574 g/mol. The summed E-state index contributed by atoms with van der Waals surface area (Å²) in [6.45, 7) is 5.68. The first-order chi connectivity index (χ1) is 20.0. The van der Waals surface area contributed by atoms with E-state index < -0.39 is 5.91 Å². The van der Waals surface area contributed by atoms with E-state index in [0.29, 0.717) is 62.1 Å². The number of benzene rings is 2. The molecule has 1 unspecified atom stereocenters. The normalized spacial score (nSPS) is 16.9. The molecule has 4 aromatic rings. The van der Waals surface area contributed by atoms with Crippen LogP contribution in [0.4, 0.5) is 0 Å². The van der Waals surface area contributed by atoms with E-state index >= 15 is 0 Å². The van der Waals surface area contributed by atoms with E-state index in [2.05, 4.69) is 20.5 Å². The highest BCUT2D eigenvalue weighted by Crippen LogP contribution is 2.32. The van der Waals surface area contributed by atoms with E-state index in [1.54, 1.807) is 24.5 Å². The standard InChI is InChI=1S/C31H32ClN5O4/c32-23-6-4-21(5-7-23)15-35-31(39)27-20-37-19-25(17-33-16-24-3-1-2-8-34-24)41-28-14-22(13-26(29(28)37)30(27)38)18-36-9-11-40-12-10-36/h1-8,13-14,20,25,33H,9-12,15-19H2,(H,35,39). The Kier molecular flexibility index (Phi) is 8.29. The largest absolute Gasteiger partial charge is 0.485 e. The lowest BCUT2D eigenvalue weighted by Crippen LogP contribution is -2.39. The molecule has 2 N–H and O–H groups in total. The van der Waals surface area contributed by atoms with Crippen LogP contribution in [0.3, 0.4) is 0 Å². The van der Waals surface area contributed by atoms with E-state index in [-0.39, 0.29) is 17.1 Å². The first-order valence-corrected chi connectivity index (χ1v) is 14.2. The molecule has 4 heterocycles. The Morgan fingerprint density at radius 2 is 1.88 bits per heavy atom. The van der Waals surface area contributed by atoms with Crippen LogP contribution in [0.2, 0.25) is 5.02 Å². The van der Waals surface area contributed by atoms with Gasteiger partial charge in [0.1, 0.15) is 17.4 Å². The summed E-state index contributed by atoms with van der Waals surface area (Å²) < 4.78 is 13.9. The average Bonchev–Trinajstić information content (AvgIpc) is 2.99. The second kappa shape index (κ2) is 12.4. The summed E-state index contributed by atoms with van der Waals surface area (Å²) in [6, 6.07) is 17.0. The third kappa shape index (κ3) is 6.44. The van der Waals surface area contributed by atoms with E-state index in [1.165, 1.54) is 0 Å². The highest BCUT2D eigenvalue weighted by Gasteiger charge is 2.26. The number of hydrogen-bond acceptors (Lipinski definition) is 7. The number of aromatic nitrogens is 2. The van der Waals surface area contributed by atoms with Crippen LogP contribution in [0.5, 0.6) is 5.75 Å². The van der Waals surface area contributed by atoms with Gasteiger partial charge >= 0.3 is 0 Å². The zero-order valence-corrected chi connectivity index (χ0v) is 23.4. The summed E-state index contributed by atoms with van der Waals surface area (Å²) in [7, 11) is 0. The number of rotatable bonds is 9. The molecule has 0 saturated carbocycles. The van der Waals surface area contributed by atoms with Crippen LogP contribution in [-0.4, -0.2) is 59.3 Å². The Bertz CT molecular complexity index is 1590. The van der Waals surface area contributed by atoms with Crippen molar-refractivity contribution in [3.8, 4) is 5.75 Å². The molecule has 2 aromatic heterocycles. The van der Waals surface area contributed by atoms with Gasteiger partial charge in [-0.3, -0.25) is 19.5 Å². The van der Waals surface area contributed by atoms with Crippen LogP contribution in [0, 0.1) is 0 Å². The maximum absolute atomic E-state index is 13.7. The van der Waals surface area contributed by atoms with Gasteiger partial charge in [0.15, 0.2) is 0 Å². The summed E-state index contributed by atoms with van der Waals surface area (Å²) in [5, 5.41) is 7.45. The lowest BCUT2D eigenvalue weighted by atomic mass is 10.0. The molecule has 1 atom stereocenters. The molecule has 0 radical (unpaired) electrons. The molecule has 212 valence electrons. The third-order valence-electron chi connectivity index (χ3n) is 7.42. The zero-order chi connectivity index (χ0) is 28.2. The van der Waals surface area contributed by atoms with Crippen molar-refractivity contribution in [1.29, 1.82) is 0 Å². The molecule has 0 spiro atoms. The van der Waals surface area contributed by atoms with Crippen molar-refractivity contribution in [2.24, 2.45) is 0 Å². The number of carbonyl (C=O) groups is 1. The summed E-state index contributed by atoms with van der Waals surface area (Å²) in [4.78, 5) is 33.7. The molecule has 1 fully saturated rings. The number of morpholine rings is 1. The fourth-order valence-electron chi connectivity index (χ4n) is 5.35. The molecule has 2 aliphatic heterocycles. The molecule has 0 bridgehead atoms. The van der Waals surface area contributed by atoms with Crippen molar-refractivity contribution in [1.82, 2.24) is 25.1 Å². The molecule has 6 rings (SSSR count). The van der Waals surface area contributed by atoms with Gasteiger partial charge in [0.2, 0.25) is 5.43 Å². The molecular weight excluding hydrogens is 542 g/mol. The van der Waals surface area contributed by atoms with Crippen molar-refractivity contribution in [2.75, 3.05) is 32.8 Å². The lowest BCUT2D eigenvalue weighted by molar-refractivity contribution is 0.0341. The lowest BCUT2D eigenvalue weighted by Gasteiger charge is -2.30. The molecule has 9 nitrogen and oxygen atoms in total. The first-order valence-electron chi connectivity index (χ1n) is 13.8. The summed E-state index contributed by atoms with van der Waals surface area (Å²) in [5.74, 6) is 0.249. The number of carbonyl (C=O) groups excluding carboxylic acids is 1. The Labute approximate surface area is 243 Å². The summed E-state index contributed by atoms with van der Waals surface area (Å²) in [5.41, 5.74) is 3.34. The number of pyridine rings is 2. The molecule has 0 aliphatic carbocycles. The quantitative estimate of drug-likeness (QED) is 0.317.